The summed E-state index contributed by atoms with van der Waals surface area (Å²) < 4.78 is 24.9. The molecule has 1 saturated heterocycles. The molecule has 2 aliphatic heterocycles. The van der Waals surface area contributed by atoms with E-state index in [2.05, 4.69) is 22.3 Å². The average Bonchev–Trinajstić information content (AvgIpc) is 2.62. The molecule has 4 rings (SSSR count). The van der Waals surface area contributed by atoms with E-state index < -0.39 is 0 Å². The van der Waals surface area contributed by atoms with Crippen LogP contribution in [0.15, 0.2) is 42.5 Å². The minimum absolute atomic E-state index is 0.169. The van der Waals surface area contributed by atoms with Crippen molar-refractivity contribution in [3.63, 3.8) is 0 Å². The third-order valence-electron chi connectivity index (χ3n) is 4.58. The lowest BCUT2D eigenvalue weighted by Gasteiger charge is -2.36. The Hall–Kier alpha value is -2.11. The average molecular weight is 328 g/mol. The van der Waals surface area contributed by atoms with Crippen LogP contribution in [0.25, 0.3) is 0 Å². The lowest BCUT2D eigenvalue weighted by Crippen LogP contribution is -2.45. The van der Waals surface area contributed by atoms with E-state index in [-0.39, 0.29) is 11.9 Å². The number of nitrogens with one attached hydrogen (secondary N) is 1. The second kappa shape index (κ2) is 6.79. The predicted octanol–water partition coefficient (Wildman–Crippen LogP) is 2.74. The molecule has 2 aromatic rings. The smallest absolute Gasteiger partial charge is 0.161 e. The normalized spacial score (nSPS) is 20.8. The van der Waals surface area contributed by atoms with Gasteiger partial charge in [0.05, 0.1) is 0 Å². The molecule has 2 aromatic carbocycles. The maximum Gasteiger partial charge on any atom is 0.161 e. The highest BCUT2D eigenvalue weighted by molar-refractivity contribution is 5.43. The Morgan fingerprint density at radius 3 is 2.83 bits per heavy atom. The van der Waals surface area contributed by atoms with Gasteiger partial charge in [-0.15, -0.1) is 0 Å². The van der Waals surface area contributed by atoms with Gasteiger partial charge >= 0.3 is 0 Å². The molecule has 0 bridgehead atoms. The first-order chi connectivity index (χ1) is 11.8. The number of ether oxygens (including phenoxy) is 2. The van der Waals surface area contributed by atoms with Crippen molar-refractivity contribution < 1.29 is 13.9 Å². The quantitative estimate of drug-likeness (QED) is 0.939. The first kappa shape index (κ1) is 15.4. The Bertz CT molecular complexity index is 722. The monoisotopic (exact) mass is 328 g/mol. The molecular formula is C19H21FN2O2. The van der Waals surface area contributed by atoms with Crippen molar-refractivity contribution in [1.82, 2.24) is 10.2 Å². The lowest BCUT2D eigenvalue weighted by atomic mass is 10.0. The zero-order valence-corrected chi connectivity index (χ0v) is 13.5. The van der Waals surface area contributed by atoms with Gasteiger partial charge in [-0.1, -0.05) is 18.2 Å². The van der Waals surface area contributed by atoms with E-state index in [4.69, 9.17) is 9.47 Å². The highest BCUT2D eigenvalue weighted by Gasteiger charge is 2.24. The molecular weight excluding hydrogens is 307 g/mol. The van der Waals surface area contributed by atoms with E-state index >= 15 is 0 Å². The van der Waals surface area contributed by atoms with Crippen LogP contribution in [0.5, 0.6) is 11.5 Å². The van der Waals surface area contributed by atoms with Gasteiger partial charge in [0, 0.05) is 32.2 Å². The SMILES string of the molecule is Fc1cccc(C2CNCCN2Cc2ccc3c(c2)OCCO3)c1. The number of halogens is 1. The molecule has 0 saturated carbocycles. The summed E-state index contributed by atoms with van der Waals surface area (Å²) in [6, 6.07) is 13.2. The van der Waals surface area contributed by atoms with Gasteiger partial charge in [0.2, 0.25) is 0 Å². The van der Waals surface area contributed by atoms with E-state index in [0.717, 1.165) is 43.2 Å². The summed E-state index contributed by atoms with van der Waals surface area (Å²) in [5.74, 6) is 1.44. The summed E-state index contributed by atoms with van der Waals surface area (Å²) >= 11 is 0. The van der Waals surface area contributed by atoms with E-state index in [1.54, 1.807) is 12.1 Å². The second-order valence-corrected chi connectivity index (χ2v) is 6.22. The minimum atomic E-state index is -0.183. The maximum atomic E-state index is 13.6. The van der Waals surface area contributed by atoms with Crippen LogP contribution >= 0.6 is 0 Å². The zero-order chi connectivity index (χ0) is 16.4. The van der Waals surface area contributed by atoms with Gasteiger partial charge in [0.1, 0.15) is 19.0 Å². The van der Waals surface area contributed by atoms with Gasteiger partial charge in [-0.05, 0) is 35.4 Å². The molecule has 0 amide bonds. The van der Waals surface area contributed by atoms with Crippen molar-refractivity contribution in [1.29, 1.82) is 0 Å². The van der Waals surface area contributed by atoms with Crippen LogP contribution < -0.4 is 14.8 Å². The van der Waals surface area contributed by atoms with E-state index in [1.807, 2.05) is 12.1 Å². The summed E-state index contributed by atoms with van der Waals surface area (Å²) in [5.41, 5.74) is 2.20. The molecule has 1 fully saturated rings. The molecule has 1 atom stereocenters. The number of hydrogen-bond acceptors (Lipinski definition) is 4. The van der Waals surface area contributed by atoms with Gasteiger partial charge in [0.15, 0.2) is 11.5 Å². The first-order valence-electron chi connectivity index (χ1n) is 8.38. The van der Waals surface area contributed by atoms with E-state index in [1.165, 1.54) is 11.6 Å². The van der Waals surface area contributed by atoms with Crippen LogP contribution in [0.4, 0.5) is 4.39 Å². The fourth-order valence-corrected chi connectivity index (χ4v) is 3.40. The van der Waals surface area contributed by atoms with Gasteiger partial charge in [-0.2, -0.15) is 0 Å². The zero-order valence-electron chi connectivity index (χ0n) is 13.5. The Morgan fingerprint density at radius 1 is 1.08 bits per heavy atom. The number of piperazine rings is 1. The fourth-order valence-electron chi connectivity index (χ4n) is 3.40. The van der Waals surface area contributed by atoms with Crippen LogP contribution in [-0.2, 0) is 6.54 Å². The number of fused-ring (bicyclic) bond motifs is 1. The standard InChI is InChI=1S/C19H21FN2O2/c20-16-3-1-2-15(11-16)17-12-21-6-7-22(17)13-14-4-5-18-19(10-14)24-9-8-23-18/h1-5,10-11,17,21H,6-9,12-13H2. The van der Waals surface area contributed by atoms with Crippen molar-refractivity contribution in [2.75, 3.05) is 32.8 Å². The number of hydrogen-bond donors (Lipinski definition) is 1. The second-order valence-electron chi connectivity index (χ2n) is 6.22. The molecule has 5 heteroatoms. The summed E-state index contributed by atoms with van der Waals surface area (Å²) in [6.07, 6.45) is 0. The van der Waals surface area contributed by atoms with Crippen LogP contribution in [0, 0.1) is 5.82 Å². The maximum absolute atomic E-state index is 13.6. The molecule has 126 valence electrons. The molecule has 0 aromatic heterocycles. The van der Waals surface area contributed by atoms with Gasteiger partial charge < -0.3 is 14.8 Å². The van der Waals surface area contributed by atoms with Crippen molar-refractivity contribution in [3.8, 4) is 11.5 Å². The highest BCUT2D eigenvalue weighted by atomic mass is 19.1. The van der Waals surface area contributed by atoms with Gasteiger partial charge in [-0.3, -0.25) is 4.90 Å². The van der Waals surface area contributed by atoms with Crippen molar-refractivity contribution >= 4 is 0 Å². The van der Waals surface area contributed by atoms with Crippen LogP contribution in [-0.4, -0.2) is 37.7 Å². The summed E-state index contributed by atoms with van der Waals surface area (Å²) in [4.78, 5) is 2.39. The molecule has 4 nitrogen and oxygen atoms in total. The third kappa shape index (κ3) is 3.23. The Balaban J connectivity index is 1.55. The van der Waals surface area contributed by atoms with Gasteiger partial charge in [0.25, 0.3) is 0 Å². The Labute approximate surface area is 141 Å². The topological polar surface area (TPSA) is 33.7 Å². The molecule has 24 heavy (non-hydrogen) atoms. The molecule has 2 heterocycles. The van der Waals surface area contributed by atoms with Crippen molar-refractivity contribution in [2.45, 2.75) is 12.6 Å². The third-order valence-corrected chi connectivity index (χ3v) is 4.58. The fraction of sp³-hybridized carbons (Fsp3) is 0.368. The number of rotatable bonds is 3. The van der Waals surface area contributed by atoms with Crippen LogP contribution in [0.3, 0.4) is 0 Å². The molecule has 1 unspecified atom stereocenters. The van der Waals surface area contributed by atoms with E-state index in [9.17, 15) is 4.39 Å². The predicted molar refractivity (Wildman–Crippen MR) is 89.9 cm³/mol. The summed E-state index contributed by atoms with van der Waals surface area (Å²) in [7, 11) is 0. The molecule has 2 aliphatic rings. The van der Waals surface area contributed by atoms with Crippen LogP contribution in [0.2, 0.25) is 0 Å². The largest absolute Gasteiger partial charge is 0.486 e. The molecule has 0 radical (unpaired) electrons. The van der Waals surface area contributed by atoms with Gasteiger partial charge in [-0.25, -0.2) is 4.39 Å². The van der Waals surface area contributed by atoms with E-state index in [0.29, 0.717) is 13.2 Å². The van der Waals surface area contributed by atoms with Crippen molar-refractivity contribution in [2.24, 2.45) is 0 Å². The minimum Gasteiger partial charge on any atom is -0.486 e. The number of benzene rings is 2. The highest BCUT2D eigenvalue weighted by Crippen LogP contribution is 2.32. The molecule has 1 N–H and O–H groups in total. The first-order valence-corrected chi connectivity index (χ1v) is 8.38. The lowest BCUT2D eigenvalue weighted by molar-refractivity contribution is 0.151. The van der Waals surface area contributed by atoms with Crippen molar-refractivity contribution in [3.05, 3.63) is 59.4 Å². The summed E-state index contributed by atoms with van der Waals surface area (Å²) in [5, 5.41) is 3.41. The summed E-state index contributed by atoms with van der Waals surface area (Å²) in [6.45, 7) is 4.70. The molecule has 0 spiro atoms. The molecule has 0 aliphatic carbocycles. The van der Waals surface area contributed by atoms with Crippen LogP contribution in [0.1, 0.15) is 17.2 Å². The Kier molecular flexibility index (Phi) is 4.36. The number of nitrogens with zero attached hydrogens (tertiary/aromatic N) is 1. The Morgan fingerprint density at radius 2 is 1.96 bits per heavy atom.